The second-order valence-corrected chi connectivity index (χ2v) is 7.06. The number of hydrogen-bond acceptors (Lipinski definition) is 5. The molecule has 1 aromatic carbocycles. The van der Waals surface area contributed by atoms with Crippen molar-refractivity contribution >= 4 is 34.8 Å². The summed E-state index contributed by atoms with van der Waals surface area (Å²) < 4.78 is 4.85. The lowest BCUT2D eigenvalue weighted by Gasteiger charge is -2.16. The van der Waals surface area contributed by atoms with Crippen LogP contribution >= 0.6 is 11.3 Å². The van der Waals surface area contributed by atoms with Crippen LogP contribution in [-0.4, -0.2) is 42.9 Å². The maximum Gasteiger partial charge on any atom is 0.325 e. The molecule has 1 aromatic heterocycles. The number of likely N-dealkylation sites (N-methyl/N-ethyl adjacent to an activating group) is 1. The first-order valence-electron chi connectivity index (χ1n) is 8.83. The highest BCUT2D eigenvalue weighted by atomic mass is 32.1. The van der Waals surface area contributed by atoms with Gasteiger partial charge in [-0.1, -0.05) is 12.1 Å². The van der Waals surface area contributed by atoms with E-state index < -0.39 is 5.97 Å². The monoisotopic (exact) mass is 388 g/mol. The molecule has 0 aliphatic rings. The predicted molar refractivity (Wildman–Crippen MR) is 106 cm³/mol. The largest absolute Gasteiger partial charge is 0.465 e. The predicted octanol–water partition coefficient (Wildman–Crippen LogP) is 3.34. The van der Waals surface area contributed by atoms with Crippen molar-refractivity contribution in [3.05, 3.63) is 52.2 Å². The topological polar surface area (TPSA) is 75.7 Å². The van der Waals surface area contributed by atoms with Crippen molar-refractivity contribution in [2.45, 2.75) is 26.2 Å². The number of thiophene rings is 1. The van der Waals surface area contributed by atoms with Crippen molar-refractivity contribution in [2.75, 3.05) is 25.5 Å². The number of esters is 1. The van der Waals surface area contributed by atoms with E-state index >= 15 is 0 Å². The van der Waals surface area contributed by atoms with E-state index in [0.29, 0.717) is 17.7 Å². The number of hydrogen-bond donors (Lipinski definition) is 1. The van der Waals surface area contributed by atoms with Crippen LogP contribution in [0, 0.1) is 0 Å². The highest BCUT2D eigenvalue weighted by Crippen LogP contribution is 2.15. The summed E-state index contributed by atoms with van der Waals surface area (Å²) in [5.41, 5.74) is 0.963. The fraction of sp³-hybridized carbons (Fsp3) is 0.350. The number of nitrogens with one attached hydrogen (secondary N) is 1. The molecule has 0 aliphatic heterocycles. The molecular weight excluding hydrogens is 364 g/mol. The SMILES string of the molecule is CCOC(=O)CN(C)C(=O)c1cccc(NC(=O)CCCc2cccs2)c1. The van der Waals surface area contributed by atoms with E-state index in [9.17, 15) is 14.4 Å². The van der Waals surface area contributed by atoms with Gasteiger partial charge in [0.25, 0.3) is 5.91 Å². The second-order valence-electron chi connectivity index (χ2n) is 6.03. The molecule has 7 heteroatoms. The Morgan fingerprint density at radius 3 is 2.70 bits per heavy atom. The molecular formula is C20H24N2O4S. The van der Waals surface area contributed by atoms with Crippen molar-refractivity contribution < 1.29 is 19.1 Å². The number of carbonyl (C=O) groups excluding carboxylic acids is 3. The van der Waals surface area contributed by atoms with Gasteiger partial charge in [-0.25, -0.2) is 0 Å². The fourth-order valence-corrected chi connectivity index (χ4v) is 3.28. The number of anilines is 1. The van der Waals surface area contributed by atoms with Crippen LogP contribution in [-0.2, 0) is 20.7 Å². The molecule has 0 bridgehead atoms. The van der Waals surface area contributed by atoms with Crippen molar-refractivity contribution in [3.63, 3.8) is 0 Å². The van der Waals surface area contributed by atoms with Gasteiger partial charge >= 0.3 is 5.97 Å². The smallest absolute Gasteiger partial charge is 0.325 e. The van der Waals surface area contributed by atoms with Gasteiger partial charge in [-0.15, -0.1) is 11.3 Å². The minimum atomic E-state index is -0.455. The zero-order chi connectivity index (χ0) is 19.6. The van der Waals surface area contributed by atoms with Gasteiger partial charge in [0.15, 0.2) is 0 Å². The summed E-state index contributed by atoms with van der Waals surface area (Å²) in [6.45, 7) is 1.87. The Morgan fingerprint density at radius 1 is 1.19 bits per heavy atom. The molecule has 6 nitrogen and oxygen atoms in total. The minimum Gasteiger partial charge on any atom is -0.465 e. The van der Waals surface area contributed by atoms with E-state index in [1.165, 1.54) is 16.8 Å². The highest BCUT2D eigenvalue weighted by Gasteiger charge is 2.16. The lowest BCUT2D eigenvalue weighted by molar-refractivity contribution is -0.143. The molecule has 0 fully saturated rings. The van der Waals surface area contributed by atoms with E-state index in [-0.39, 0.29) is 25.0 Å². The van der Waals surface area contributed by atoms with Crippen LogP contribution in [0.1, 0.15) is 35.0 Å². The third-order valence-corrected chi connectivity index (χ3v) is 4.75. The van der Waals surface area contributed by atoms with Gasteiger partial charge < -0.3 is 15.0 Å². The second kappa shape index (κ2) is 10.5. The van der Waals surface area contributed by atoms with Crippen molar-refractivity contribution in [3.8, 4) is 0 Å². The highest BCUT2D eigenvalue weighted by molar-refractivity contribution is 7.09. The number of ether oxygens (including phenoxy) is 1. The first-order chi connectivity index (χ1) is 13.0. The van der Waals surface area contributed by atoms with Gasteiger partial charge in [0.1, 0.15) is 6.54 Å². The van der Waals surface area contributed by atoms with Crippen molar-refractivity contribution in [1.82, 2.24) is 4.90 Å². The molecule has 0 saturated carbocycles. The van der Waals surface area contributed by atoms with Crippen LogP contribution in [0.5, 0.6) is 0 Å². The average molecular weight is 388 g/mol. The van der Waals surface area contributed by atoms with Gasteiger partial charge in [0, 0.05) is 29.6 Å². The van der Waals surface area contributed by atoms with Gasteiger partial charge in [0.2, 0.25) is 5.91 Å². The Kier molecular flexibility index (Phi) is 8.00. The lowest BCUT2D eigenvalue weighted by atomic mass is 10.1. The summed E-state index contributed by atoms with van der Waals surface area (Å²) in [7, 11) is 1.54. The van der Waals surface area contributed by atoms with Crippen molar-refractivity contribution in [1.29, 1.82) is 0 Å². The lowest BCUT2D eigenvalue weighted by Crippen LogP contribution is -2.33. The third kappa shape index (κ3) is 6.86. The summed E-state index contributed by atoms with van der Waals surface area (Å²) in [5.74, 6) is -0.851. The Labute approximate surface area is 163 Å². The number of amides is 2. The fourth-order valence-electron chi connectivity index (χ4n) is 2.52. The van der Waals surface area contributed by atoms with Crippen LogP contribution in [0.25, 0.3) is 0 Å². The molecule has 144 valence electrons. The Balaban J connectivity index is 1.87. The third-order valence-electron chi connectivity index (χ3n) is 3.82. The summed E-state index contributed by atoms with van der Waals surface area (Å²) in [6, 6.07) is 10.8. The van der Waals surface area contributed by atoms with E-state index in [1.54, 1.807) is 42.5 Å². The van der Waals surface area contributed by atoms with Gasteiger partial charge in [-0.2, -0.15) is 0 Å². The van der Waals surface area contributed by atoms with E-state index in [2.05, 4.69) is 11.4 Å². The van der Waals surface area contributed by atoms with Crippen molar-refractivity contribution in [2.24, 2.45) is 0 Å². The summed E-state index contributed by atoms with van der Waals surface area (Å²) in [6.07, 6.45) is 2.06. The van der Waals surface area contributed by atoms with Crippen LogP contribution in [0.4, 0.5) is 5.69 Å². The molecule has 27 heavy (non-hydrogen) atoms. The average Bonchev–Trinajstić information content (AvgIpc) is 3.15. The molecule has 1 N–H and O–H groups in total. The van der Waals surface area contributed by atoms with Crippen LogP contribution in [0.3, 0.4) is 0 Å². The molecule has 0 radical (unpaired) electrons. The van der Waals surface area contributed by atoms with Gasteiger partial charge in [-0.05, 0) is 49.4 Å². The maximum atomic E-state index is 12.4. The van der Waals surface area contributed by atoms with Gasteiger partial charge in [0.05, 0.1) is 6.61 Å². The number of rotatable bonds is 9. The van der Waals surface area contributed by atoms with Crippen LogP contribution in [0.15, 0.2) is 41.8 Å². The number of benzene rings is 1. The Bertz CT molecular complexity index is 774. The Morgan fingerprint density at radius 2 is 2.00 bits per heavy atom. The molecule has 0 aliphatic carbocycles. The summed E-state index contributed by atoms with van der Waals surface area (Å²) in [4.78, 5) is 38.6. The van der Waals surface area contributed by atoms with E-state index in [0.717, 1.165) is 12.8 Å². The Hall–Kier alpha value is -2.67. The zero-order valence-electron chi connectivity index (χ0n) is 15.6. The first-order valence-corrected chi connectivity index (χ1v) is 9.71. The number of carbonyl (C=O) groups is 3. The van der Waals surface area contributed by atoms with E-state index in [4.69, 9.17) is 4.74 Å². The van der Waals surface area contributed by atoms with E-state index in [1.807, 2.05) is 11.4 Å². The molecule has 0 unspecified atom stereocenters. The maximum absolute atomic E-state index is 12.4. The van der Waals surface area contributed by atoms with Crippen LogP contribution in [0.2, 0.25) is 0 Å². The summed E-state index contributed by atoms with van der Waals surface area (Å²) in [5, 5.41) is 4.84. The molecule has 1 heterocycles. The molecule has 2 rings (SSSR count). The molecule has 0 spiro atoms. The number of aryl methyl sites for hydroxylation is 1. The van der Waals surface area contributed by atoms with Gasteiger partial charge in [-0.3, -0.25) is 14.4 Å². The number of nitrogens with zero attached hydrogens (tertiary/aromatic N) is 1. The quantitative estimate of drug-likeness (QED) is 0.669. The normalized spacial score (nSPS) is 10.3. The standard InChI is InChI=1S/C20H24N2O4S/c1-3-26-19(24)14-22(2)20(25)15-7-4-8-16(13-15)21-18(23)11-5-9-17-10-6-12-27-17/h4,6-8,10,12-13H,3,5,9,11,14H2,1-2H3,(H,21,23). The molecule has 0 atom stereocenters. The van der Waals surface area contributed by atoms with Crippen LogP contribution < -0.4 is 5.32 Å². The molecule has 0 saturated heterocycles. The molecule has 2 aromatic rings. The molecule has 2 amide bonds. The minimum absolute atomic E-state index is 0.0870. The summed E-state index contributed by atoms with van der Waals surface area (Å²) >= 11 is 1.69. The first kappa shape index (κ1) is 20.6. The zero-order valence-corrected chi connectivity index (χ0v) is 16.4.